The molecule has 2 N–H and O–H groups in total. The highest BCUT2D eigenvalue weighted by Gasteiger charge is 2.35. The normalized spacial score (nSPS) is 13.9. The minimum Gasteiger partial charge on any atom is -0.492 e. The zero-order valence-corrected chi connectivity index (χ0v) is 29.2. The Morgan fingerprint density at radius 2 is 1.65 bits per heavy atom. The number of fused-ring (bicyclic) bond motifs is 1. The molecule has 0 radical (unpaired) electrons. The Labute approximate surface area is 290 Å². The maximum Gasteiger partial charge on any atom is 0.255 e. The summed E-state index contributed by atoms with van der Waals surface area (Å²) < 4.78 is 13.8. The second-order valence-corrected chi connectivity index (χ2v) is 13.1. The van der Waals surface area contributed by atoms with Gasteiger partial charge in [-0.2, -0.15) is 4.98 Å². The van der Waals surface area contributed by atoms with Gasteiger partial charge in [0.2, 0.25) is 11.1 Å². The number of benzene rings is 4. The summed E-state index contributed by atoms with van der Waals surface area (Å²) in [6.45, 7) is 11.1. The quantitative estimate of drug-likeness (QED) is 0.135. The number of ether oxygens (including phenoxy) is 2. The number of nitrogens with one attached hydrogen (secondary N) is 2. The van der Waals surface area contributed by atoms with Crippen molar-refractivity contribution in [1.82, 2.24) is 14.8 Å². The van der Waals surface area contributed by atoms with Crippen LogP contribution in [0.15, 0.2) is 101 Å². The van der Waals surface area contributed by atoms with Gasteiger partial charge < -0.3 is 20.1 Å². The molecule has 8 nitrogen and oxygen atoms in total. The molecule has 6 rings (SSSR count). The average Bonchev–Trinajstić information content (AvgIpc) is 3.48. The van der Waals surface area contributed by atoms with Gasteiger partial charge >= 0.3 is 0 Å². The second kappa shape index (κ2) is 14.6. The highest BCUT2D eigenvalue weighted by atomic mass is 35.5. The van der Waals surface area contributed by atoms with E-state index in [0.717, 1.165) is 22.4 Å². The Balaban J connectivity index is 1.31. The highest BCUT2D eigenvalue weighted by molar-refractivity contribution is 7.98. The molecule has 0 aliphatic carbocycles. The number of aromatic nitrogens is 3. The van der Waals surface area contributed by atoms with Crippen LogP contribution in [-0.2, 0) is 17.2 Å². The Morgan fingerprint density at radius 1 is 0.917 bits per heavy atom. The molecule has 5 aromatic rings. The third-order valence-corrected chi connectivity index (χ3v) is 9.63. The Kier molecular flexibility index (Phi) is 10.1. The minimum absolute atomic E-state index is 0.269. The summed E-state index contributed by atoms with van der Waals surface area (Å²) in [5.41, 5.74) is 8.51. The van der Waals surface area contributed by atoms with Crippen molar-refractivity contribution in [3.8, 4) is 11.5 Å². The number of hydrogen-bond donors (Lipinski definition) is 2. The smallest absolute Gasteiger partial charge is 0.255 e. The number of para-hydroxylation sites is 2. The van der Waals surface area contributed by atoms with Crippen molar-refractivity contribution in [3.05, 3.63) is 135 Å². The fourth-order valence-corrected chi connectivity index (χ4v) is 6.79. The third kappa shape index (κ3) is 7.22. The lowest BCUT2D eigenvalue weighted by molar-refractivity contribution is -0.113. The van der Waals surface area contributed by atoms with E-state index in [4.69, 9.17) is 31.2 Å². The largest absolute Gasteiger partial charge is 0.492 e. The number of nitrogens with zero attached hydrogens (tertiary/aromatic N) is 3. The summed E-state index contributed by atoms with van der Waals surface area (Å²) in [7, 11) is 0. The van der Waals surface area contributed by atoms with Crippen LogP contribution in [0.5, 0.6) is 11.5 Å². The van der Waals surface area contributed by atoms with E-state index in [2.05, 4.69) is 43.5 Å². The average molecular weight is 680 g/mol. The molecular formula is C38H38ClN5O3S. The fraction of sp³-hybridized carbons (Fsp3) is 0.237. The molecule has 2 heterocycles. The van der Waals surface area contributed by atoms with Gasteiger partial charge in [-0.3, -0.25) is 4.79 Å². The number of carbonyl (C=O) groups is 1. The van der Waals surface area contributed by atoms with Crippen LogP contribution in [0.3, 0.4) is 0 Å². The number of anilines is 2. The highest BCUT2D eigenvalue weighted by Crippen LogP contribution is 2.38. The molecule has 10 heteroatoms. The van der Waals surface area contributed by atoms with Gasteiger partial charge in [0.1, 0.15) is 24.1 Å². The summed E-state index contributed by atoms with van der Waals surface area (Å²) in [6, 6.07) is 26.8. The molecule has 0 bridgehead atoms. The van der Waals surface area contributed by atoms with E-state index in [9.17, 15) is 4.79 Å². The van der Waals surface area contributed by atoms with Crippen molar-refractivity contribution in [2.75, 3.05) is 17.2 Å². The molecule has 1 unspecified atom stereocenters. The van der Waals surface area contributed by atoms with E-state index in [1.807, 2.05) is 86.6 Å². The first kappa shape index (κ1) is 33.2. The molecule has 48 heavy (non-hydrogen) atoms. The molecule has 1 amide bonds. The summed E-state index contributed by atoms with van der Waals surface area (Å²) in [5, 5.41) is 12.6. The Bertz CT molecular complexity index is 1990. The van der Waals surface area contributed by atoms with Crippen LogP contribution in [-0.4, -0.2) is 27.3 Å². The first-order valence-corrected chi connectivity index (χ1v) is 17.2. The maximum atomic E-state index is 14.1. The van der Waals surface area contributed by atoms with Gasteiger partial charge in [0, 0.05) is 16.5 Å². The summed E-state index contributed by atoms with van der Waals surface area (Å²) in [4.78, 5) is 18.9. The minimum atomic E-state index is -0.557. The number of allylic oxidation sites excluding steroid dienone is 1. The van der Waals surface area contributed by atoms with E-state index in [-0.39, 0.29) is 5.91 Å². The predicted octanol–water partition coefficient (Wildman–Crippen LogP) is 9.05. The monoisotopic (exact) mass is 679 g/mol. The fourth-order valence-electron chi connectivity index (χ4n) is 5.68. The number of hydrogen-bond acceptors (Lipinski definition) is 7. The number of thioether (sulfide) groups is 1. The second-order valence-electron chi connectivity index (χ2n) is 11.7. The molecule has 0 saturated carbocycles. The van der Waals surface area contributed by atoms with Crippen LogP contribution in [0.4, 0.5) is 11.6 Å². The molecular weight excluding hydrogens is 642 g/mol. The number of amides is 1. The topological polar surface area (TPSA) is 90.3 Å². The standard InChI is InChI=1S/C38H38ClN5O3S/c1-6-46-33-14-10-9-13-32(33)41-36(45)34-26(5)40-37-42-38(48-22-28-11-7-8-12-31(28)39)43-44(37)35(34)27-15-17-30(18-16-27)47-21-29-20-24(3)23(2)19-25(29)4/h7-20,35H,6,21-22H2,1-5H3,(H,41,45)(H,40,42,43). The van der Waals surface area contributed by atoms with Gasteiger partial charge in [-0.15, -0.1) is 5.10 Å². The molecule has 1 aliphatic rings. The predicted molar refractivity (Wildman–Crippen MR) is 193 cm³/mol. The van der Waals surface area contributed by atoms with E-state index in [0.29, 0.717) is 57.8 Å². The maximum absolute atomic E-state index is 14.1. The lowest BCUT2D eigenvalue weighted by Gasteiger charge is -2.29. The summed E-state index contributed by atoms with van der Waals surface area (Å²) >= 11 is 7.90. The van der Waals surface area contributed by atoms with Crippen molar-refractivity contribution >= 4 is 40.9 Å². The zero-order valence-electron chi connectivity index (χ0n) is 27.6. The number of halogens is 1. The van der Waals surface area contributed by atoms with Crippen molar-refractivity contribution in [2.24, 2.45) is 0 Å². The lowest BCUT2D eigenvalue weighted by Crippen LogP contribution is -2.31. The van der Waals surface area contributed by atoms with Crippen LogP contribution < -0.4 is 20.1 Å². The number of rotatable bonds is 11. The van der Waals surface area contributed by atoms with Crippen LogP contribution >= 0.6 is 23.4 Å². The zero-order chi connectivity index (χ0) is 33.8. The van der Waals surface area contributed by atoms with Gasteiger partial charge in [-0.1, -0.05) is 78.0 Å². The lowest BCUT2D eigenvalue weighted by atomic mass is 9.95. The first-order valence-electron chi connectivity index (χ1n) is 15.8. The molecule has 0 saturated heterocycles. The van der Waals surface area contributed by atoms with Crippen molar-refractivity contribution in [2.45, 2.75) is 58.2 Å². The van der Waals surface area contributed by atoms with Gasteiger partial charge in [0.05, 0.1) is 17.9 Å². The van der Waals surface area contributed by atoms with Crippen LogP contribution in [0.1, 0.15) is 53.3 Å². The van der Waals surface area contributed by atoms with E-state index >= 15 is 0 Å². The number of carbonyl (C=O) groups excluding carboxylic acids is 1. The van der Waals surface area contributed by atoms with Crippen LogP contribution in [0.25, 0.3) is 0 Å². The SMILES string of the molecule is CCOc1ccccc1NC(=O)C1=C(C)Nc2nc(SCc3ccccc3Cl)nn2C1c1ccc(OCc2cc(C)c(C)cc2C)cc1. The van der Waals surface area contributed by atoms with E-state index in [1.54, 1.807) is 4.68 Å². The van der Waals surface area contributed by atoms with E-state index < -0.39 is 6.04 Å². The molecule has 1 aliphatic heterocycles. The Morgan fingerprint density at radius 3 is 2.42 bits per heavy atom. The molecule has 1 aromatic heterocycles. The molecule has 0 fully saturated rings. The van der Waals surface area contributed by atoms with Crippen molar-refractivity contribution in [3.63, 3.8) is 0 Å². The molecule has 4 aromatic carbocycles. The van der Waals surface area contributed by atoms with Gasteiger partial charge in [-0.25, -0.2) is 4.68 Å². The first-order chi connectivity index (χ1) is 23.2. The summed E-state index contributed by atoms with van der Waals surface area (Å²) in [6.07, 6.45) is 0. The van der Waals surface area contributed by atoms with Crippen molar-refractivity contribution < 1.29 is 14.3 Å². The van der Waals surface area contributed by atoms with Gasteiger partial charge in [0.15, 0.2) is 0 Å². The molecule has 246 valence electrons. The van der Waals surface area contributed by atoms with Crippen LogP contribution in [0, 0.1) is 20.8 Å². The van der Waals surface area contributed by atoms with Gasteiger partial charge in [0.25, 0.3) is 5.91 Å². The Hall–Kier alpha value is -4.73. The van der Waals surface area contributed by atoms with Crippen LogP contribution in [0.2, 0.25) is 5.02 Å². The third-order valence-electron chi connectivity index (χ3n) is 8.37. The number of aryl methyl sites for hydroxylation is 3. The summed E-state index contributed by atoms with van der Waals surface area (Å²) in [5.74, 6) is 2.23. The van der Waals surface area contributed by atoms with Crippen molar-refractivity contribution in [1.29, 1.82) is 0 Å². The van der Waals surface area contributed by atoms with E-state index in [1.165, 1.54) is 28.5 Å². The molecule has 1 atom stereocenters. The molecule has 0 spiro atoms. The van der Waals surface area contributed by atoms with Gasteiger partial charge in [-0.05, 0) is 98.3 Å².